The molecule has 0 bridgehead atoms. The Balaban J connectivity index is 1.96. The smallest absolute Gasteiger partial charge is 0.0540 e. The second-order valence-electron chi connectivity index (χ2n) is 8.84. The Morgan fingerprint density at radius 1 is 1.09 bits per heavy atom. The molecule has 0 spiro atoms. The SMILES string of the molecule is C=C(CNC(=C)C1=CCCC(CN)=C1)CC(Cc1ccccc1)C(=C)NCC(=C)N(C)CC. The predicted octanol–water partition coefficient (Wildman–Crippen LogP) is 5.07. The lowest BCUT2D eigenvalue weighted by molar-refractivity contribution is 0.424. The van der Waals surface area contributed by atoms with Gasteiger partial charge in [-0.15, -0.1) is 0 Å². The highest BCUT2D eigenvalue weighted by Gasteiger charge is 2.16. The van der Waals surface area contributed by atoms with Crippen molar-refractivity contribution in [2.75, 3.05) is 33.2 Å². The van der Waals surface area contributed by atoms with Gasteiger partial charge in [-0.3, -0.25) is 0 Å². The van der Waals surface area contributed by atoms with Crippen LogP contribution in [0.25, 0.3) is 0 Å². The van der Waals surface area contributed by atoms with E-state index in [4.69, 9.17) is 5.73 Å². The molecular weight excluding hydrogens is 404 g/mol. The van der Waals surface area contributed by atoms with Crippen molar-refractivity contribution >= 4 is 0 Å². The number of hydrogen-bond donors (Lipinski definition) is 3. The van der Waals surface area contributed by atoms with Gasteiger partial charge in [0.25, 0.3) is 0 Å². The van der Waals surface area contributed by atoms with Crippen molar-refractivity contribution in [3.63, 3.8) is 0 Å². The summed E-state index contributed by atoms with van der Waals surface area (Å²) >= 11 is 0. The maximum atomic E-state index is 5.82. The normalized spacial score (nSPS) is 13.9. The standard InChI is InChI=1S/C29H42N4/c1-7-33(6)23(3)21-32-25(5)29(17-26-12-9-8-10-13-26)16-22(2)20-31-24(4)28-15-11-14-27(18-28)19-30/h8-10,12-13,15,18,29,31-32H,2-5,7,11,14,16-17,19-21,30H2,1,6H3. The predicted molar refractivity (Wildman–Crippen MR) is 144 cm³/mol. The Morgan fingerprint density at radius 3 is 2.48 bits per heavy atom. The molecule has 0 radical (unpaired) electrons. The zero-order valence-electron chi connectivity index (χ0n) is 20.6. The molecule has 1 aliphatic carbocycles. The number of allylic oxidation sites excluding steroid dienone is 3. The Labute approximate surface area is 201 Å². The summed E-state index contributed by atoms with van der Waals surface area (Å²) in [5.74, 6) is 0.243. The topological polar surface area (TPSA) is 53.3 Å². The van der Waals surface area contributed by atoms with E-state index in [2.05, 4.69) is 98.3 Å². The van der Waals surface area contributed by atoms with Crippen LogP contribution in [-0.4, -0.2) is 38.1 Å². The molecule has 1 unspecified atom stereocenters. The fourth-order valence-electron chi connectivity index (χ4n) is 3.83. The molecule has 1 atom stereocenters. The molecule has 0 amide bonds. The molecule has 0 fully saturated rings. The van der Waals surface area contributed by atoms with Crippen molar-refractivity contribution in [2.24, 2.45) is 11.7 Å². The molecule has 0 aromatic heterocycles. The van der Waals surface area contributed by atoms with Crippen molar-refractivity contribution in [1.29, 1.82) is 0 Å². The van der Waals surface area contributed by atoms with Crippen LogP contribution in [0.2, 0.25) is 0 Å². The molecule has 0 saturated carbocycles. The Kier molecular flexibility index (Phi) is 10.8. The van der Waals surface area contributed by atoms with Gasteiger partial charge in [0.2, 0.25) is 0 Å². The summed E-state index contributed by atoms with van der Waals surface area (Å²) in [4.78, 5) is 2.14. The molecule has 0 heterocycles. The van der Waals surface area contributed by atoms with E-state index in [0.717, 1.165) is 60.5 Å². The minimum Gasteiger partial charge on any atom is -0.383 e. The van der Waals surface area contributed by atoms with E-state index in [9.17, 15) is 0 Å². The van der Waals surface area contributed by atoms with Crippen molar-refractivity contribution in [1.82, 2.24) is 15.5 Å². The highest BCUT2D eigenvalue weighted by atomic mass is 15.1. The van der Waals surface area contributed by atoms with Crippen LogP contribution >= 0.6 is 0 Å². The van der Waals surface area contributed by atoms with Crippen molar-refractivity contribution in [3.05, 3.63) is 108 Å². The lowest BCUT2D eigenvalue weighted by Crippen LogP contribution is -2.29. The molecule has 4 heteroatoms. The van der Waals surface area contributed by atoms with Gasteiger partial charge in [-0.2, -0.15) is 0 Å². The van der Waals surface area contributed by atoms with Gasteiger partial charge in [-0.1, -0.05) is 79.9 Å². The summed E-state index contributed by atoms with van der Waals surface area (Å²) in [7, 11) is 2.06. The van der Waals surface area contributed by atoms with E-state index in [1.54, 1.807) is 0 Å². The summed E-state index contributed by atoms with van der Waals surface area (Å²) in [5.41, 5.74) is 13.7. The molecule has 0 aliphatic heterocycles. The van der Waals surface area contributed by atoms with E-state index in [0.29, 0.717) is 19.6 Å². The number of nitrogens with one attached hydrogen (secondary N) is 2. The second-order valence-corrected chi connectivity index (χ2v) is 8.84. The molecule has 2 rings (SSSR count). The van der Waals surface area contributed by atoms with Crippen molar-refractivity contribution in [3.8, 4) is 0 Å². The van der Waals surface area contributed by atoms with Crippen LogP contribution in [0, 0.1) is 5.92 Å². The fourth-order valence-corrected chi connectivity index (χ4v) is 3.83. The molecule has 4 N–H and O–H groups in total. The summed E-state index contributed by atoms with van der Waals surface area (Å²) in [6.07, 6.45) is 8.20. The molecular formula is C29H42N4. The summed E-state index contributed by atoms with van der Waals surface area (Å²) in [6.45, 7) is 22.2. The monoisotopic (exact) mass is 446 g/mol. The third kappa shape index (κ3) is 8.82. The zero-order chi connectivity index (χ0) is 24.2. The van der Waals surface area contributed by atoms with Crippen molar-refractivity contribution < 1.29 is 0 Å². The van der Waals surface area contributed by atoms with Gasteiger partial charge < -0.3 is 21.3 Å². The molecule has 1 aliphatic rings. The Morgan fingerprint density at radius 2 is 1.82 bits per heavy atom. The molecule has 1 aromatic carbocycles. The average Bonchev–Trinajstić information content (AvgIpc) is 2.85. The Hall–Kier alpha value is -2.98. The third-order valence-corrected chi connectivity index (χ3v) is 6.24. The number of hydrogen-bond acceptors (Lipinski definition) is 4. The van der Waals surface area contributed by atoms with Gasteiger partial charge in [0.1, 0.15) is 0 Å². The molecule has 0 saturated heterocycles. The van der Waals surface area contributed by atoms with E-state index in [1.807, 2.05) is 0 Å². The van der Waals surface area contributed by atoms with Gasteiger partial charge >= 0.3 is 0 Å². The van der Waals surface area contributed by atoms with Crippen LogP contribution in [0.15, 0.2) is 103 Å². The molecule has 178 valence electrons. The lowest BCUT2D eigenvalue weighted by atomic mass is 9.90. The second kappa shape index (κ2) is 13.5. The largest absolute Gasteiger partial charge is 0.383 e. The summed E-state index contributed by atoms with van der Waals surface area (Å²) in [5, 5.41) is 6.97. The highest BCUT2D eigenvalue weighted by Crippen LogP contribution is 2.23. The van der Waals surface area contributed by atoms with Gasteiger partial charge in [-0.05, 0) is 43.7 Å². The van der Waals surface area contributed by atoms with Gasteiger partial charge in [0.15, 0.2) is 0 Å². The van der Waals surface area contributed by atoms with E-state index >= 15 is 0 Å². The van der Waals surface area contributed by atoms with Crippen molar-refractivity contribution in [2.45, 2.75) is 32.6 Å². The highest BCUT2D eigenvalue weighted by molar-refractivity contribution is 5.41. The summed E-state index contributed by atoms with van der Waals surface area (Å²) < 4.78 is 0. The van der Waals surface area contributed by atoms with Gasteiger partial charge in [-0.25, -0.2) is 0 Å². The van der Waals surface area contributed by atoms with Crippen LogP contribution in [0.5, 0.6) is 0 Å². The number of benzene rings is 1. The number of rotatable bonds is 15. The molecule has 1 aromatic rings. The summed E-state index contributed by atoms with van der Waals surface area (Å²) in [6, 6.07) is 10.6. The average molecular weight is 447 g/mol. The van der Waals surface area contributed by atoms with Gasteiger partial charge in [0, 0.05) is 49.7 Å². The first-order valence-electron chi connectivity index (χ1n) is 11.9. The number of nitrogens with two attached hydrogens (primary N) is 1. The maximum absolute atomic E-state index is 5.82. The van der Waals surface area contributed by atoms with Crippen LogP contribution < -0.4 is 16.4 Å². The molecule has 4 nitrogen and oxygen atoms in total. The number of nitrogens with zero attached hydrogens (tertiary/aromatic N) is 1. The quantitative estimate of drug-likeness (QED) is 0.329. The van der Waals surface area contributed by atoms with Crippen LogP contribution in [0.4, 0.5) is 0 Å². The number of likely N-dealkylation sites (N-methyl/N-ethyl adjacent to an activating group) is 1. The van der Waals surface area contributed by atoms with Gasteiger partial charge in [0.05, 0.1) is 6.54 Å². The molecule has 33 heavy (non-hydrogen) atoms. The fraction of sp³-hybridized carbons (Fsp3) is 0.379. The Bertz CT molecular complexity index is 891. The first-order chi connectivity index (χ1) is 15.8. The lowest BCUT2D eigenvalue weighted by Gasteiger charge is -2.26. The van der Waals surface area contributed by atoms with E-state index < -0.39 is 0 Å². The third-order valence-electron chi connectivity index (χ3n) is 6.24. The first-order valence-corrected chi connectivity index (χ1v) is 11.9. The van der Waals surface area contributed by atoms with Crippen LogP contribution in [0.1, 0.15) is 31.7 Å². The van der Waals surface area contributed by atoms with E-state index in [1.165, 1.54) is 11.1 Å². The zero-order valence-corrected chi connectivity index (χ0v) is 20.6. The van der Waals surface area contributed by atoms with E-state index in [-0.39, 0.29) is 5.92 Å². The van der Waals surface area contributed by atoms with Crippen LogP contribution in [-0.2, 0) is 6.42 Å². The maximum Gasteiger partial charge on any atom is 0.0540 e. The van der Waals surface area contributed by atoms with Crippen LogP contribution in [0.3, 0.4) is 0 Å². The minimum atomic E-state index is 0.243. The minimum absolute atomic E-state index is 0.243. The first kappa shape index (κ1) is 26.3.